The number of ether oxygens (including phenoxy) is 1. The molecular weight excluding hydrogens is 412 g/mol. The van der Waals surface area contributed by atoms with Crippen LogP contribution in [-0.2, 0) is 9.59 Å². The Hall–Kier alpha value is -4.01. The number of amides is 1. The Kier molecular flexibility index (Phi) is 7.33. The molecule has 0 saturated heterocycles. The van der Waals surface area contributed by atoms with Gasteiger partial charge >= 0.3 is 5.97 Å². The summed E-state index contributed by atoms with van der Waals surface area (Å²) in [7, 11) is 0. The lowest BCUT2D eigenvalue weighted by atomic mass is 9.90. The normalized spacial score (nSPS) is 16.9. The lowest BCUT2D eigenvalue weighted by molar-refractivity contribution is -0.140. The molecule has 2 unspecified atom stereocenters. The molecule has 0 saturated carbocycles. The van der Waals surface area contributed by atoms with Crippen LogP contribution in [-0.4, -0.2) is 41.1 Å². The van der Waals surface area contributed by atoms with Gasteiger partial charge in [-0.3, -0.25) is 15.0 Å². The fraction of sp³-hybridized carbons (Fsp3) is 0.261. The molecule has 1 amide bonds. The number of carboxylic acid groups (broad SMARTS) is 1. The number of nitrogens with one attached hydrogen (secondary N) is 3. The minimum absolute atomic E-state index is 0.0729. The van der Waals surface area contributed by atoms with Gasteiger partial charge in [-0.15, -0.1) is 0 Å². The van der Waals surface area contributed by atoms with Crippen molar-refractivity contribution in [3.8, 4) is 11.5 Å². The summed E-state index contributed by atoms with van der Waals surface area (Å²) < 4.78 is 5.90. The zero-order valence-corrected chi connectivity index (χ0v) is 17.4. The molecule has 0 aromatic heterocycles. The van der Waals surface area contributed by atoms with E-state index in [1.54, 1.807) is 36.4 Å². The number of phenolic OH excluding ortho intramolecular Hbond substituents is 1. The van der Waals surface area contributed by atoms with Crippen LogP contribution in [0.1, 0.15) is 41.6 Å². The maximum Gasteiger partial charge on any atom is 0.315 e. The highest BCUT2D eigenvalue weighted by molar-refractivity contribution is 5.91. The van der Waals surface area contributed by atoms with Crippen molar-refractivity contribution in [2.24, 2.45) is 5.73 Å². The van der Waals surface area contributed by atoms with Gasteiger partial charge < -0.3 is 31.3 Å². The van der Waals surface area contributed by atoms with Gasteiger partial charge in [-0.2, -0.15) is 0 Å². The molecule has 7 N–H and O–H groups in total. The highest BCUT2D eigenvalue weighted by Gasteiger charge is 2.40. The SMILES string of the molecule is N=C(N)NCCCCNC(=O)/C=C/c1ccc2c(c1)C(C(=O)O)C(c1ccc(O)cc1)O2. The zero-order chi connectivity index (χ0) is 23.1. The zero-order valence-electron chi connectivity index (χ0n) is 17.4. The Morgan fingerprint density at radius 1 is 1.09 bits per heavy atom. The van der Waals surface area contributed by atoms with Crippen molar-refractivity contribution in [1.82, 2.24) is 10.6 Å². The van der Waals surface area contributed by atoms with Crippen LogP contribution < -0.4 is 21.1 Å². The Labute approximate surface area is 185 Å². The Bertz CT molecular complexity index is 1020. The average Bonchev–Trinajstić information content (AvgIpc) is 3.14. The average molecular weight is 438 g/mol. The molecule has 0 aliphatic carbocycles. The molecule has 0 radical (unpaired) electrons. The Morgan fingerprint density at radius 3 is 2.44 bits per heavy atom. The summed E-state index contributed by atoms with van der Waals surface area (Å²) in [6.07, 6.45) is 3.84. The lowest BCUT2D eigenvalue weighted by Crippen LogP contribution is -2.31. The minimum Gasteiger partial charge on any atom is -0.508 e. The van der Waals surface area contributed by atoms with E-state index in [0.717, 1.165) is 12.8 Å². The number of aromatic hydroxyl groups is 1. The van der Waals surface area contributed by atoms with E-state index in [2.05, 4.69) is 10.6 Å². The number of aliphatic carboxylic acids is 1. The van der Waals surface area contributed by atoms with Gasteiger partial charge in [0.05, 0.1) is 0 Å². The monoisotopic (exact) mass is 438 g/mol. The molecule has 3 rings (SSSR count). The van der Waals surface area contributed by atoms with E-state index < -0.39 is 18.0 Å². The summed E-state index contributed by atoms with van der Waals surface area (Å²) in [5.41, 5.74) is 7.07. The molecule has 32 heavy (non-hydrogen) atoms. The smallest absolute Gasteiger partial charge is 0.315 e. The second-order valence-electron chi connectivity index (χ2n) is 7.42. The molecular formula is C23H26N4O5. The van der Waals surface area contributed by atoms with Crippen molar-refractivity contribution in [3.63, 3.8) is 0 Å². The molecule has 2 atom stereocenters. The summed E-state index contributed by atoms with van der Waals surface area (Å²) in [6.45, 7) is 1.07. The number of carbonyl (C=O) groups excluding carboxylic acids is 1. The van der Waals surface area contributed by atoms with E-state index in [-0.39, 0.29) is 17.6 Å². The summed E-state index contributed by atoms with van der Waals surface area (Å²) in [4.78, 5) is 24.0. The lowest BCUT2D eigenvalue weighted by Gasteiger charge is -2.16. The number of benzene rings is 2. The first-order valence-corrected chi connectivity index (χ1v) is 10.2. The molecule has 2 aromatic rings. The largest absolute Gasteiger partial charge is 0.508 e. The molecule has 1 heterocycles. The third-order valence-corrected chi connectivity index (χ3v) is 5.06. The number of hydrogen-bond acceptors (Lipinski definition) is 5. The summed E-state index contributed by atoms with van der Waals surface area (Å²) in [6, 6.07) is 11.4. The third-order valence-electron chi connectivity index (χ3n) is 5.06. The van der Waals surface area contributed by atoms with Crippen LogP contribution in [0.5, 0.6) is 11.5 Å². The number of guanidine groups is 1. The van der Waals surface area contributed by atoms with Crippen molar-refractivity contribution in [2.75, 3.05) is 13.1 Å². The van der Waals surface area contributed by atoms with Crippen molar-refractivity contribution >= 4 is 23.9 Å². The van der Waals surface area contributed by atoms with E-state index in [1.807, 2.05) is 0 Å². The first-order chi connectivity index (χ1) is 15.3. The highest BCUT2D eigenvalue weighted by Crippen LogP contribution is 2.46. The van der Waals surface area contributed by atoms with E-state index in [4.69, 9.17) is 15.9 Å². The van der Waals surface area contributed by atoms with E-state index >= 15 is 0 Å². The van der Waals surface area contributed by atoms with Gasteiger partial charge in [0.25, 0.3) is 0 Å². The fourth-order valence-corrected chi connectivity index (χ4v) is 3.49. The molecule has 2 aromatic carbocycles. The predicted octanol–water partition coefficient (Wildman–Crippen LogP) is 2.09. The number of rotatable bonds is 9. The summed E-state index contributed by atoms with van der Waals surface area (Å²) in [5, 5.41) is 31.8. The quantitative estimate of drug-likeness (QED) is 0.151. The maximum atomic E-state index is 12.0. The van der Waals surface area contributed by atoms with E-state index in [9.17, 15) is 19.8 Å². The molecule has 1 aliphatic heterocycles. The third kappa shape index (κ3) is 5.78. The first-order valence-electron chi connectivity index (χ1n) is 10.2. The van der Waals surface area contributed by atoms with Crippen LogP contribution >= 0.6 is 0 Å². The first kappa shape index (κ1) is 22.7. The second kappa shape index (κ2) is 10.3. The van der Waals surface area contributed by atoms with Gasteiger partial charge in [0, 0.05) is 24.7 Å². The molecule has 0 spiro atoms. The topological polar surface area (TPSA) is 158 Å². The molecule has 9 nitrogen and oxygen atoms in total. The van der Waals surface area contributed by atoms with Crippen molar-refractivity contribution in [3.05, 3.63) is 65.2 Å². The highest BCUT2D eigenvalue weighted by atomic mass is 16.5. The number of carboxylic acids is 1. The van der Waals surface area contributed by atoms with Crippen LogP contribution in [0.25, 0.3) is 6.08 Å². The number of nitrogens with two attached hydrogens (primary N) is 1. The van der Waals surface area contributed by atoms with Crippen LogP contribution in [0.4, 0.5) is 0 Å². The Morgan fingerprint density at radius 2 is 1.78 bits per heavy atom. The van der Waals surface area contributed by atoms with Crippen molar-refractivity contribution in [2.45, 2.75) is 24.9 Å². The summed E-state index contributed by atoms with van der Waals surface area (Å²) in [5.74, 6) is -1.67. The van der Waals surface area contributed by atoms with Gasteiger partial charge in [-0.1, -0.05) is 18.2 Å². The summed E-state index contributed by atoms with van der Waals surface area (Å²) >= 11 is 0. The standard InChI is InChI=1S/C23H26N4O5/c24-23(25)27-12-2-1-11-26-19(29)10-4-14-3-9-18-17(13-14)20(22(30)31)21(32-18)15-5-7-16(28)8-6-15/h3-10,13,20-21,28H,1-2,11-12H2,(H,26,29)(H,30,31)(H4,24,25,27)/b10-4+. The van der Waals surface area contributed by atoms with Gasteiger partial charge in [0.2, 0.25) is 5.91 Å². The van der Waals surface area contributed by atoms with Gasteiger partial charge in [0.1, 0.15) is 23.5 Å². The predicted molar refractivity (Wildman–Crippen MR) is 119 cm³/mol. The minimum atomic E-state index is -1.01. The number of fused-ring (bicyclic) bond motifs is 1. The Balaban J connectivity index is 1.62. The molecule has 0 bridgehead atoms. The number of hydrogen-bond donors (Lipinski definition) is 6. The molecule has 168 valence electrons. The van der Waals surface area contributed by atoms with Gasteiger partial charge in [-0.25, -0.2) is 0 Å². The maximum absolute atomic E-state index is 12.0. The molecule has 0 fully saturated rings. The van der Waals surface area contributed by atoms with Crippen LogP contribution in [0.2, 0.25) is 0 Å². The number of carbonyl (C=O) groups is 2. The van der Waals surface area contributed by atoms with Crippen molar-refractivity contribution in [1.29, 1.82) is 5.41 Å². The fourth-order valence-electron chi connectivity index (χ4n) is 3.49. The van der Waals surface area contributed by atoms with Gasteiger partial charge in [0.15, 0.2) is 5.96 Å². The van der Waals surface area contributed by atoms with E-state index in [1.165, 1.54) is 18.2 Å². The van der Waals surface area contributed by atoms with Crippen LogP contribution in [0.3, 0.4) is 0 Å². The molecule has 9 heteroatoms. The van der Waals surface area contributed by atoms with Gasteiger partial charge in [-0.05, 0) is 54.3 Å². The van der Waals surface area contributed by atoms with Crippen molar-refractivity contribution < 1.29 is 24.5 Å². The number of phenols is 1. The van der Waals surface area contributed by atoms with Crippen LogP contribution in [0.15, 0.2) is 48.5 Å². The van der Waals surface area contributed by atoms with E-state index in [0.29, 0.717) is 35.5 Å². The molecule has 1 aliphatic rings. The number of unbranched alkanes of at least 4 members (excludes halogenated alkanes) is 1. The van der Waals surface area contributed by atoms with Crippen LogP contribution in [0, 0.1) is 5.41 Å². The second-order valence-corrected chi connectivity index (χ2v) is 7.42.